The van der Waals surface area contributed by atoms with Crippen LogP contribution >= 0.6 is 11.6 Å². The van der Waals surface area contributed by atoms with Gasteiger partial charge in [0.1, 0.15) is 28.6 Å². The van der Waals surface area contributed by atoms with E-state index in [0.717, 1.165) is 17.4 Å². The molecular weight excluding hydrogens is 453 g/mol. The fourth-order valence-electron chi connectivity index (χ4n) is 4.08. The van der Waals surface area contributed by atoms with Crippen molar-refractivity contribution in [1.82, 2.24) is 0 Å². The molecule has 1 aliphatic rings. The van der Waals surface area contributed by atoms with Crippen molar-refractivity contribution in [1.29, 1.82) is 0 Å². The number of hydrogen-bond acceptors (Lipinski definition) is 3. The summed E-state index contributed by atoms with van der Waals surface area (Å²) >= 11 is 5.52. The molecule has 0 amide bonds. The number of rotatable bonds is 8. The molecule has 3 aromatic carbocycles. The van der Waals surface area contributed by atoms with Crippen LogP contribution in [0, 0.1) is 17.5 Å². The summed E-state index contributed by atoms with van der Waals surface area (Å²) in [5, 5.41) is 0.802. The van der Waals surface area contributed by atoms with Crippen molar-refractivity contribution in [3.05, 3.63) is 81.6 Å². The van der Waals surface area contributed by atoms with Crippen LogP contribution in [0.25, 0.3) is 10.8 Å². The van der Waals surface area contributed by atoms with Crippen LogP contribution in [0.5, 0.6) is 0 Å². The van der Waals surface area contributed by atoms with Crippen LogP contribution in [0.1, 0.15) is 30.0 Å². The second-order valence-corrected chi connectivity index (χ2v) is 8.56. The summed E-state index contributed by atoms with van der Waals surface area (Å²) in [5.74, 6) is -1.93. The molecule has 0 aromatic heterocycles. The lowest BCUT2D eigenvalue weighted by molar-refractivity contribution is -0.227. The first-order valence-electron chi connectivity index (χ1n) is 11.1. The van der Waals surface area contributed by atoms with E-state index in [-0.39, 0.29) is 18.2 Å². The minimum atomic E-state index is -0.809. The largest absolute Gasteiger partial charge is 0.374 e. The van der Waals surface area contributed by atoms with Gasteiger partial charge in [-0.05, 0) is 60.4 Å². The quantitative estimate of drug-likeness (QED) is 0.350. The molecule has 176 valence electrons. The van der Waals surface area contributed by atoms with Gasteiger partial charge in [0.2, 0.25) is 0 Å². The first-order chi connectivity index (χ1) is 15.9. The van der Waals surface area contributed by atoms with E-state index in [9.17, 15) is 8.78 Å². The van der Waals surface area contributed by atoms with Crippen LogP contribution in [0.15, 0.2) is 42.5 Å². The zero-order chi connectivity index (χ0) is 23.4. The Labute approximate surface area is 196 Å². The Morgan fingerprint density at radius 2 is 1.64 bits per heavy atom. The number of aryl methyl sites for hydroxylation is 3. The molecule has 7 heteroatoms. The lowest BCUT2D eigenvalue weighted by atomic mass is 9.98. The van der Waals surface area contributed by atoms with Crippen molar-refractivity contribution in [3.63, 3.8) is 0 Å². The van der Waals surface area contributed by atoms with E-state index in [1.807, 2.05) is 25.1 Å². The van der Waals surface area contributed by atoms with Crippen LogP contribution in [-0.4, -0.2) is 32.2 Å². The predicted molar refractivity (Wildman–Crippen MR) is 122 cm³/mol. The van der Waals surface area contributed by atoms with Crippen molar-refractivity contribution in [2.75, 3.05) is 19.8 Å². The van der Waals surface area contributed by atoms with E-state index in [2.05, 4.69) is 0 Å². The molecular formula is C26H26ClF3O3. The molecule has 1 heterocycles. The van der Waals surface area contributed by atoms with Gasteiger partial charge in [-0.15, -0.1) is 0 Å². The molecule has 0 unspecified atom stereocenters. The molecule has 33 heavy (non-hydrogen) atoms. The van der Waals surface area contributed by atoms with Gasteiger partial charge in [0, 0.05) is 18.4 Å². The van der Waals surface area contributed by atoms with E-state index >= 15 is 4.39 Å². The Morgan fingerprint density at radius 1 is 0.909 bits per heavy atom. The Bertz CT molecular complexity index is 1090. The molecule has 4 rings (SSSR count). The minimum absolute atomic E-state index is 0.0122. The second-order valence-electron chi connectivity index (χ2n) is 8.18. The number of fused-ring (bicyclic) bond motifs is 1. The van der Waals surface area contributed by atoms with Crippen LogP contribution in [-0.2, 0) is 33.5 Å². The summed E-state index contributed by atoms with van der Waals surface area (Å²) in [5.41, 5.74) is 2.00. The average Bonchev–Trinajstić information content (AvgIpc) is 2.82. The molecule has 0 aliphatic carbocycles. The van der Waals surface area contributed by atoms with Crippen molar-refractivity contribution >= 4 is 22.4 Å². The Morgan fingerprint density at radius 3 is 2.33 bits per heavy atom. The lowest BCUT2D eigenvalue weighted by Crippen LogP contribution is -2.37. The molecule has 1 aliphatic heterocycles. The fraction of sp³-hybridized carbons (Fsp3) is 0.385. The highest BCUT2D eigenvalue weighted by Crippen LogP contribution is 2.26. The Hall–Kier alpha value is -2.12. The topological polar surface area (TPSA) is 27.7 Å². The van der Waals surface area contributed by atoms with Gasteiger partial charge in [0.05, 0.1) is 13.2 Å². The van der Waals surface area contributed by atoms with E-state index in [1.165, 1.54) is 12.1 Å². The number of halogens is 4. The summed E-state index contributed by atoms with van der Waals surface area (Å²) in [6.45, 7) is 3.63. The van der Waals surface area contributed by atoms with Gasteiger partial charge >= 0.3 is 0 Å². The van der Waals surface area contributed by atoms with Gasteiger partial charge in [-0.2, -0.15) is 0 Å². The summed E-state index contributed by atoms with van der Waals surface area (Å²) < 4.78 is 59.3. The molecule has 0 atom stereocenters. The molecule has 0 N–H and O–H groups in total. The highest BCUT2D eigenvalue weighted by Gasteiger charge is 2.22. The van der Waals surface area contributed by atoms with Crippen LogP contribution < -0.4 is 0 Å². The Balaban J connectivity index is 1.38. The number of hydrogen-bond donors (Lipinski definition) is 0. The molecule has 0 radical (unpaired) electrons. The van der Waals surface area contributed by atoms with Crippen LogP contribution in [0.2, 0.25) is 5.02 Å². The van der Waals surface area contributed by atoms with E-state index in [4.69, 9.17) is 25.8 Å². The van der Waals surface area contributed by atoms with Gasteiger partial charge in [0.15, 0.2) is 6.29 Å². The van der Waals surface area contributed by atoms with E-state index in [1.54, 1.807) is 12.1 Å². The molecule has 3 aromatic rings. The van der Waals surface area contributed by atoms with E-state index in [0.29, 0.717) is 55.6 Å². The van der Waals surface area contributed by atoms with Crippen molar-refractivity contribution in [3.8, 4) is 0 Å². The monoisotopic (exact) mass is 478 g/mol. The molecule has 3 nitrogen and oxygen atoms in total. The maximum atomic E-state index is 15.1. The van der Waals surface area contributed by atoms with E-state index < -0.39 is 16.7 Å². The highest BCUT2D eigenvalue weighted by molar-refractivity contribution is 6.30. The molecule has 0 saturated carbocycles. The molecule has 1 fully saturated rings. The normalized spacial score (nSPS) is 18.7. The summed E-state index contributed by atoms with van der Waals surface area (Å²) in [6, 6.07) is 11.6. The third-order valence-corrected chi connectivity index (χ3v) is 6.19. The third-order valence-electron chi connectivity index (χ3n) is 5.83. The van der Waals surface area contributed by atoms with Gasteiger partial charge in [-0.25, -0.2) is 13.2 Å². The van der Waals surface area contributed by atoms with Crippen LogP contribution in [0.4, 0.5) is 13.2 Å². The summed E-state index contributed by atoms with van der Waals surface area (Å²) in [6.07, 6.45) is 1.80. The van der Waals surface area contributed by atoms with Crippen molar-refractivity contribution in [2.45, 2.75) is 45.0 Å². The van der Waals surface area contributed by atoms with Crippen molar-refractivity contribution in [2.24, 2.45) is 0 Å². The number of ether oxygens (including phenoxy) is 3. The smallest absolute Gasteiger partial charge is 0.158 e. The summed E-state index contributed by atoms with van der Waals surface area (Å²) in [4.78, 5) is 0. The van der Waals surface area contributed by atoms with Gasteiger partial charge < -0.3 is 14.2 Å². The maximum Gasteiger partial charge on any atom is 0.158 e. The zero-order valence-electron chi connectivity index (χ0n) is 18.4. The van der Waals surface area contributed by atoms with Crippen molar-refractivity contribution < 1.29 is 27.4 Å². The maximum absolute atomic E-state index is 15.1. The first-order valence-corrected chi connectivity index (χ1v) is 11.5. The Kier molecular flexibility index (Phi) is 7.91. The molecule has 0 spiro atoms. The minimum Gasteiger partial charge on any atom is -0.374 e. The molecule has 1 saturated heterocycles. The standard InChI is InChI=1S/C26H26ClF3O3/c1-2-31-20-14-32-24(33-15-20)10-5-16-4-9-21-19(11-16)8-7-18(26(21)30)6-3-17-12-22(28)25(27)23(29)13-17/h4,7-9,11-13,20,24H,2-3,5-6,10,14-15H2,1H3. The first kappa shape index (κ1) is 24.0. The van der Waals surface area contributed by atoms with Crippen LogP contribution in [0.3, 0.4) is 0 Å². The van der Waals surface area contributed by atoms with Gasteiger partial charge in [-0.1, -0.05) is 41.9 Å². The van der Waals surface area contributed by atoms with Gasteiger partial charge in [0.25, 0.3) is 0 Å². The summed E-state index contributed by atoms with van der Waals surface area (Å²) in [7, 11) is 0. The fourth-order valence-corrected chi connectivity index (χ4v) is 4.18. The predicted octanol–water partition coefficient (Wildman–Crippen LogP) is 6.41. The molecule has 0 bridgehead atoms. The third kappa shape index (κ3) is 5.87. The number of benzene rings is 3. The SMILES string of the molecule is CCOC1COC(CCc2ccc3c(F)c(CCc4cc(F)c(Cl)c(F)c4)ccc3c2)OC1. The highest BCUT2D eigenvalue weighted by atomic mass is 35.5. The zero-order valence-corrected chi connectivity index (χ0v) is 19.1. The second kappa shape index (κ2) is 10.9. The van der Waals surface area contributed by atoms with Gasteiger partial charge in [-0.3, -0.25) is 0 Å². The lowest BCUT2D eigenvalue weighted by Gasteiger charge is -2.29. The average molecular weight is 479 g/mol.